The molecule has 1 aliphatic carbocycles. The van der Waals surface area contributed by atoms with E-state index in [1.165, 1.54) is 25.7 Å². The molecule has 0 aromatic rings. The largest absolute Gasteiger partial charge is 0.0960 e. The van der Waals surface area contributed by atoms with Crippen LogP contribution in [0.5, 0.6) is 0 Å². The summed E-state index contributed by atoms with van der Waals surface area (Å²) in [6.07, 6.45) is 5.86. The zero-order valence-corrected chi connectivity index (χ0v) is 9.14. The van der Waals surface area contributed by atoms with Gasteiger partial charge in [-0.1, -0.05) is 31.9 Å². The van der Waals surface area contributed by atoms with E-state index in [1.807, 2.05) is 0 Å². The summed E-state index contributed by atoms with van der Waals surface area (Å²) in [5.41, 5.74) is 0.904. The van der Waals surface area contributed by atoms with Gasteiger partial charge >= 0.3 is 0 Å². The average molecular weight is 164 g/mol. The van der Waals surface area contributed by atoms with Crippen LogP contribution in [0.25, 0.3) is 0 Å². The van der Waals surface area contributed by atoms with E-state index in [0.717, 1.165) is 23.5 Å². The Hall–Kier alpha value is 0.130. The van der Waals surface area contributed by atoms with E-state index in [0.29, 0.717) is 0 Å². The highest BCUT2D eigenvalue weighted by Crippen LogP contribution is 2.38. The summed E-state index contributed by atoms with van der Waals surface area (Å²) in [5, 5.41) is 0. The van der Waals surface area contributed by atoms with Crippen LogP contribution in [-0.2, 0) is 0 Å². The Bertz CT molecular complexity index is 134. The fraction of sp³-hybridized carbons (Fsp3) is 1.00. The molecule has 3 unspecified atom stereocenters. The van der Waals surface area contributed by atoms with Crippen molar-refractivity contribution >= 4 is 15.7 Å². The predicted octanol–water partition coefficient (Wildman–Crippen LogP) is 1.46. The van der Waals surface area contributed by atoms with Crippen molar-refractivity contribution in [2.45, 2.75) is 45.2 Å². The Morgan fingerprint density at radius 1 is 1.25 bits per heavy atom. The van der Waals surface area contributed by atoms with Gasteiger partial charge in [0.2, 0.25) is 0 Å². The van der Waals surface area contributed by atoms with Gasteiger partial charge in [-0.05, 0) is 31.1 Å². The first kappa shape index (κ1) is 10.2. The fourth-order valence-electron chi connectivity index (χ4n) is 2.68. The number of rotatable bonds is 2. The maximum atomic E-state index is 2.43. The molecule has 1 fully saturated rings. The van der Waals surface area contributed by atoms with Gasteiger partial charge in [-0.3, -0.25) is 0 Å². The highest BCUT2D eigenvalue weighted by Gasteiger charge is 2.26. The lowest BCUT2D eigenvalue weighted by Crippen LogP contribution is -2.24. The van der Waals surface area contributed by atoms with Crippen LogP contribution < -0.4 is 0 Å². The first-order valence-electron chi connectivity index (χ1n) is 5.63. The van der Waals surface area contributed by atoms with E-state index in [9.17, 15) is 0 Å². The molecule has 0 saturated heterocycles. The molecule has 0 aliphatic heterocycles. The molecule has 0 heterocycles. The Morgan fingerprint density at radius 2 is 1.92 bits per heavy atom. The van der Waals surface area contributed by atoms with Gasteiger partial charge in [0.05, 0.1) is 15.7 Å². The molecule has 0 amide bonds. The van der Waals surface area contributed by atoms with E-state index in [2.05, 4.69) is 29.5 Å². The lowest BCUT2D eigenvalue weighted by molar-refractivity contribution is 0.209. The van der Waals surface area contributed by atoms with Crippen molar-refractivity contribution in [3.8, 4) is 0 Å². The lowest BCUT2D eigenvalue weighted by atomic mass is 9.57. The van der Waals surface area contributed by atoms with E-state index in [4.69, 9.17) is 0 Å². The van der Waals surface area contributed by atoms with Crippen molar-refractivity contribution in [1.82, 2.24) is 0 Å². The smallest absolute Gasteiger partial charge is 0.0932 e. The van der Waals surface area contributed by atoms with Crippen LogP contribution in [0.2, 0.25) is 5.72 Å². The van der Waals surface area contributed by atoms with Crippen LogP contribution in [0.1, 0.15) is 39.5 Å². The Balaban J connectivity index is 2.45. The third kappa shape index (κ3) is 2.57. The molecule has 1 rings (SSSR count). The lowest BCUT2D eigenvalue weighted by Gasteiger charge is -2.35. The summed E-state index contributed by atoms with van der Waals surface area (Å²) < 4.78 is 0. The van der Waals surface area contributed by atoms with E-state index >= 15 is 0 Å². The SMILES string of the molecule is BC(B)C1CC(C)CC(CC)C1. The molecule has 0 radical (unpaired) electrons. The summed E-state index contributed by atoms with van der Waals surface area (Å²) in [4.78, 5) is 0. The summed E-state index contributed by atoms with van der Waals surface area (Å²) in [6.45, 7) is 4.78. The van der Waals surface area contributed by atoms with Crippen LogP contribution in [0.15, 0.2) is 0 Å². The van der Waals surface area contributed by atoms with Gasteiger partial charge in [-0.25, -0.2) is 0 Å². The molecule has 0 nitrogen and oxygen atoms in total. The Kier molecular flexibility index (Phi) is 3.74. The van der Waals surface area contributed by atoms with Gasteiger partial charge in [0.25, 0.3) is 0 Å². The van der Waals surface area contributed by atoms with Gasteiger partial charge in [0.15, 0.2) is 0 Å². The molecular formula is C10H22B2. The topological polar surface area (TPSA) is 0 Å². The zero-order valence-electron chi connectivity index (χ0n) is 9.14. The Morgan fingerprint density at radius 3 is 2.42 bits per heavy atom. The number of hydrogen-bond donors (Lipinski definition) is 0. The second-order valence-corrected chi connectivity index (χ2v) is 5.09. The average Bonchev–Trinajstić information content (AvgIpc) is 2.03. The van der Waals surface area contributed by atoms with Gasteiger partial charge in [-0.15, -0.1) is 0 Å². The number of hydrogen-bond acceptors (Lipinski definition) is 0. The van der Waals surface area contributed by atoms with Crippen LogP contribution in [-0.4, -0.2) is 15.7 Å². The van der Waals surface area contributed by atoms with Gasteiger partial charge < -0.3 is 0 Å². The summed E-state index contributed by atoms with van der Waals surface area (Å²) in [7, 11) is 4.77. The standard InChI is InChI=1S/C10H22B2/c1-3-8-4-7(2)5-9(6-8)10(11)12/h7-10H,3-6,11-12H2,1-2H3. The molecule has 12 heavy (non-hydrogen) atoms. The van der Waals surface area contributed by atoms with Crippen LogP contribution >= 0.6 is 0 Å². The molecular weight excluding hydrogens is 142 g/mol. The van der Waals surface area contributed by atoms with E-state index in [-0.39, 0.29) is 0 Å². The van der Waals surface area contributed by atoms with Crippen LogP contribution in [0, 0.1) is 17.8 Å². The van der Waals surface area contributed by atoms with Crippen LogP contribution in [0.3, 0.4) is 0 Å². The summed E-state index contributed by atoms with van der Waals surface area (Å²) in [6, 6.07) is 0. The molecule has 0 aromatic carbocycles. The molecule has 0 aromatic heterocycles. The van der Waals surface area contributed by atoms with Gasteiger partial charge in [-0.2, -0.15) is 0 Å². The Labute approximate surface area is 79.3 Å². The molecule has 3 atom stereocenters. The molecule has 2 heteroatoms. The quantitative estimate of drug-likeness (QED) is 0.542. The third-order valence-corrected chi connectivity index (χ3v) is 3.60. The molecule has 68 valence electrons. The first-order chi connectivity index (χ1) is 5.63. The maximum absolute atomic E-state index is 2.43. The minimum Gasteiger partial charge on any atom is -0.0932 e. The summed E-state index contributed by atoms with van der Waals surface area (Å²) in [5.74, 6) is 3.02. The highest BCUT2D eigenvalue weighted by atomic mass is 14.3. The minimum atomic E-state index is 0.904. The second-order valence-electron chi connectivity index (χ2n) is 5.09. The van der Waals surface area contributed by atoms with E-state index in [1.54, 1.807) is 0 Å². The summed E-state index contributed by atoms with van der Waals surface area (Å²) >= 11 is 0. The van der Waals surface area contributed by atoms with Gasteiger partial charge in [0, 0.05) is 0 Å². The van der Waals surface area contributed by atoms with Crippen molar-refractivity contribution in [2.75, 3.05) is 0 Å². The maximum Gasteiger partial charge on any atom is 0.0960 e. The van der Waals surface area contributed by atoms with Gasteiger partial charge in [0.1, 0.15) is 0 Å². The molecule has 0 bridgehead atoms. The molecule has 1 saturated carbocycles. The molecule has 0 N–H and O–H groups in total. The van der Waals surface area contributed by atoms with Crippen molar-refractivity contribution in [3.05, 3.63) is 0 Å². The molecule has 1 aliphatic rings. The zero-order chi connectivity index (χ0) is 9.14. The second kappa shape index (κ2) is 4.39. The van der Waals surface area contributed by atoms with Crippen molar-refractivity contribution in [2.24, 2.45) is 17.8 Å². The van der Waals surface area contributed by atoms with Crippen LogP contribution in [0.4, 0.5) is 0 Å². The monoisotopic (exact) mass is 164 g/mol. The molecule has 0 spiro atoms. The van der Waals surface area contributed by atoms with Crippen molar-refractivity contribution in [3.63, 3.8) is 0 Å². The first-order valence-corrected chi connectivity index (χ1v) is 5.63. The normalized spacial score (nSPS) is 37.1. The third-order valence-electron chi connectivity index (χ3n) is 3.60. The fourth-order valence-corrected chi connectivity index (χ4v) is 2.68. The van der Waals surface area contributed by atoms with Crippen molar-refractivity contribution in [1.29, 1.82) is 0 Å². The van der Waals surface area contributed by atoms with E-state index < -0.39 is 0 Å². The highest BCUT2D eigenvalue weighted by molar-refractivity contribution is 6.35. The van der Waals surface area contributed by atoms with Crippen molar-refractivity contribution < 1.29 is 0 Å². The predicted molar refractivity (Wildman–Crippen MR) is 61.1 cm³/mol. The minimum absolute atomic E-state index is 0.904.